The molecule has 43 heavy (non-hydrogen) atoms. The van der Waals surface area contributed by atoms with Gasteiger partial charge < -0.3 is 20.0 Å². The number of benzene rings is 5. The zero-order valence-corrected chi connectivity index (χ0v) is 26.0. The van der Waals surface area contributed by atoms with Crippen molar-refractivity contribution in [3.05, 3.63) is 157 Å². The fraction of sp³-hybridized carbons (Fsp3) is 0.143. The highest BCUT2D eigenvalue weighted by Crippen LogP contribution is 2.38. The zero-order chi connectivity index (χ0) is 31.3. The van der Waals surface area contributed by atoms with E-state index in [2.05, 4.69) is 0 Å². The van der Waals surface area contributed by atoms with Gasteiger partial charge in [-0.25, -0.2) is 0 Å². The van der Waals surface area contributed by atoms with E-state index >= 15 is 0 Å². The minimum absolute atomic E-state index is 0.137. The Balaban J connectivity index is 0.000000177. The van der Waals surface area contributed by atoms with E-state index in [1.807, 2.05) is 61.5 Å². The van der Waals surface area contributed by atoms with Gasteiger partial charge in [-0.1, -0.05) is 110 Å². The van der Waals surface area contributed by atoms with Crippen LogP contribution in [0.25, 0.3) is 0 Å². The maximum Gasteiger partial charge on any atom is 0.258 e. The third kappa shape index (κ3) is 9.71. The zero-order valence-electron chi connectivity index (χ0n) is 24.2. The molecule has 5 aromatic carbocycles. The molecular weight excluding hydrogens is 578 g/mol. The number of aliphatic hydroxyl groups is 2. The summed E-state index contributed by atoms with van der Waals surface area (Å²) in [5, 5.41) is 21.0. The highest BCUT2D eigenvalue weighted by Gasteiger charge is 2.24. The Hall–Kier alpha value is -3.60. The molecule has 0 heterocycles. The van der Waals surface area contributed by atoms with E-state index in [4.69, 9.17) is 0 Å². The van der Waals surface area contributed by atoms with Gasteiger partial charge in [0.1, 0.15) is 0 Å². The van der Waals surface area contributed by atoms with Gasteiger partial charge in [-0.3, -0.25) is 9.13 Å². The SMILES string of the molecule is CC(O)C(C)C(O)c1ccccc1.O=P(O)(c1ccccc1)c1ccccc1.O=P(O)(c1ccccc1)c1ccccc1. The van der Waals surface area contributed by atoms with Gasteiger partial charge in [0.15, 0.2) is 0 Å². The molecule has 8 heteroatoms. The molecule has 5 aromatic rings. The van der Waals surface area contributed by atoms with Crippen molar-refractivity contribution in [2.75, 3.05) is 0 Å². The second-order valence-electron chi connectivity index (χ2n) is 9.95. The molecule has 0 saturated carbocycles. The first-order valence-corrected chi connectivity index (χ1v) is 17.2. The highest BCUT2D eigenvalue weighted by atomic mass is 31.2. The molecule has 0 bridgehead atoms. The van der Waals surface area contributed by atoms with Crippen molar-refractivity contribution in [2.24, 2.45) is 5.92 Å². The summed E-state index contributed by atoms with van der Waals surface area (Å²) in [4.78, 5) is 20.0. The molecule has 5 rings (SSSR count). The van der Waals surface area contributed by atoms with E-state index in [1.165, 1.54) is 0 Å². The molecule has 224 valence electrons. The third-order valence-electron chi connectivity index (χ3n) is 6.82. The minimum atomic E-state index is -3.40. The third-order valence-corrected chi connectivity index (χ3v) is 10.8. The van der Waals surface area contributed by atoms with E-state index in [-0.39, 0.29) is 5.92 Å². The summed E-state index contributed by atoms with van der Waals surface area (Å²) in [5.41, 5.74) is 0.857. The lowest BCUT2D eigenvalue weighted by Crippen LogP contribution is -2.20. The van der Waals surface area contributed by atoms with Crippen LogP contribution < -0.4 is 21.2 Å². The van der Waals surface area contributed by atoms with Crippen LogP contribution in [0, 0.1) is 5.92 Å². The van der Waals surface area contributed by atoms with E-state index in [1.54, 1.807) is 104 Å². The van der Waals surface area contributed by atoms with Gasteiger partial charge >= 0.3 is 0 Å². The summed E-state index contributed by atoms with van der Waals surface area (Å²) in [5.74, 6) is -0.137. The van der Waals surface area contributed by atoms with Crippen LogP contribution >= 0.6 is 14.7 Å². The predicted octanol–water partition coefficient (Wildman–Crippen LogP) is 5.55. The first kappa shape index (κ1) is 33.9. The summed E-state index contributed by atoms with van der Waals surface area (Å²) in [6.45, 7) is 3.53. The molecule has 0 aliphatic heterocycles. The van der Waals surface area contributed by atoms with E-state index < -0.39 is 26.9 Å². The molecular formula is C35H38O6P2. The van der Waals surface area contributed by atoms with Gasteiger partial charge in [0.2, 0.25) is 0 Å². The Morgan fingerprint density at radius 1 is 0.442 bits per heavy atom. The largest absolute Gasteiger partial charge is 0.393 e. The Bertz CT molecular complexity index is 1400. The quantitative estimate of drug-likeness (QED) is 0.178. The number of rotatable bonds is 7. The molecule has 4 N–H and O–H groups in total. The van der Waals surface area contributed by atoms with Crippen LogP contribution in [0.15, 0.2) is 152 Å². The number of aliphatic hydroxyl groups excluding tert-OH is 2. The molecule has 0 spiro atoms. The van der Waals surface area contributed by atoms with Crippen LogP contribution in [-0.4, -0.2) is 26.1 Å². The second kappa shape index (κ2) is 16.3. The maximum atomic E-state index is 12.2. The lowest BCUT2D eigenvalue weighted by atomic mass is 9.93. The smallest absolute Gasteiger partial charge is 0.258 e. The lowest BCUT2D eigenvalue weighted by Gasteiger charge is -2.21. The van der Waals surface area contributed by atoms with Gasteiger partial charge in [-0.05, 0) is 61.0 Å². The maximum absolute atomic E-state index is 12.2. The first-order chi connectivity index (χ1) is 20.5. The van der Waals surface area contributed by atoms with Crippen molar-refractivity contribution in [3.63, 3.8) is 0 Å². The monoisotopic (exact) mass is 616 g/mol. The van der Waals surface area contributed by atoms with Crippen molar-refractivity contribution in [3.8, 4) is 0 Å². The van der Waals surface area contributed by atoms with Crippen LogP contribution in [0.1, 0.15) is 25.5 Å². The van der Waals surface area contributed by atoms with Gasteiger partial charge in [0, 0.05) is 27.1 Å². The van der Waals surface area contributed by atoms with Crippen LogP contribution in [0.2, 0.25) is 0 Å². The van der Waals surface area contributed by atoms with Gasteiger partial charge in [0.25, 0.3) is 14.7 Å². The van der Waals surface area contributed by atoms with E-state index in [0.717, 1.165) is 5.56 Å². The summed E-state index contributed by atoms with van der Waals surface area (Å²) in [6, 6.07) is 44.2. The molecule has 0 fully saturated rings. The average molecular weight is 617 g/mol. The normalized spacial score (nSPS) is 13.3. The van der Waals surface area contributed by atoms with Crippen LogP contribution in [-0.2, 0) is 9.13 Å². The van der Waals surface area contributed by atoms with Crippen LogP contribution in [0.3, 0.4) is 0 Å². The molecule has 0 saturated heterocycles. The van der Waals surface area contributed by atoms with Crippen LogP contribution in [0.5, 0.6) is 0 Å². The van der Waals surface area contributed by atoms with Gasteiger partial charge in [0.05, 0.1) is 12.2 Å². The summed E-state index contributed by atoms with van der Waals surface area (Å²) in [6.07, 6.45) is -1.07. The molecule has 0 amide bonds. The molecule has 3 atom stereocenters. The van der Waals surface area contributed by atoms with Crippen molar-refractivity contribution in [2.45, 2.75) is 26.1 Å². The topological polar surface area (TPSA) is 115 Å². The Kier molecular flexibility index (Phi) is 12.9. The molecule has 3 unspecified atom stereocenters. The fourth-order valence-electron chi connectivity index (χ4n) is 4.04. The van der Waals surface area contributed by atoms with Crippen LogP contribution in [0.4, 0.5) is 0 Å². The molecule has 0 radical (unpaired) electrons. The van der Waals surface area contributed by atoms with Crippen molar-refractivity contribution in [1.29, 1.82) is 0 Å². The minimum Gasteiger partial charge on any atom is -0.393 e. The summed E-state index contributed by atoms with van der Waals surface area (Å²) in [7, 11) is -6.79. The highest BCUT2D eigenvalue weighted by molar-refractivity contribution is 7.73. The fourth-order valence-corrected chi connectivity index (χ4v) is 6.94. The molecule has 0 aromatic heterocycles. The predicted molar refractivity (Wildman–Crippen MR) is 176 cm³/mol. The molecule has 0 aliphatic rings. The Morgan fingerprint density at radius 3 is 0.907 bits per heavy atom. The Labute approximate surface area is 253 Å². The van der Waals surface area contributed by atoms with E-state index in [9.17, 15) is 29.1 Å². The van der Waals surface area contributed by atoms with Crippen molar-refractivity contribution >= 4 is 36.0 Å². The van der Waals surface area contributed by atoms with Crippen molar-refractivity contribution in [1.82, 2.24) is 0 Å². The summed E-state index contributed by atoms with van der Waals surface area (Å²) < 4.78 is 24.3. The second-order valence-corrected chi connectivity index (χ2v) is 14.3. The van der Waals surface area contributed by atoms with E-state index in [0.29, 0.717) is 21.2 Å². The lowest BCUT2D eigenvalue weighted by molar-refractivity contribution is 0.0307. The standard InChI is InChI=1S/2C12H11O2P.C11H16O2/c2*13-15(14,11-7-3-1-4-8-11)12-9-5-2-6-10-12;1-8(9(2)12)11(13)10-6-4-3-5-7-10/h2*1-10H,(H,13,14);3-9,11-13H,1-2H3. The average Bonchev–Trinajstić information content (AvgIpc) is 3.06. The molecule has 0 aliphatic carbocycles. The summed E-state index contributed by atoms with van der Waals surface area (Å²) >= 11 is 0. The first-order valence-electron chi connectivity index (χ1n) is 13.8. The number of hydrogen-bond donors (Lipinski definition) is 4. The molecule has 6 nitrogen and oxygen atoms in total. The van der Waals surface area contributed by atoms with Gasteiger partial charge in [-0.2, -0.15) is 0 Å². The Morgan fingerprint density at radius 2 is 0.674 bits per heavy atom. The van der Waals surface area contributed by atoms with Crippen molar-refractivity contribution < 1.29 is 29.1 Å². The number of hydrogen-bond acceptors (Lipinski definition) is 4. The van der Waals surface area contributed by atoms with Gasteiger partial charge in [-0.15, -0.1) is 0 Å².